The first-order valence-corrected chi connectivity index (χ1v) is 31.6. The van der Waals surface area contributed by atoms with E-state index in [0.29, 0.717) is 36.0 Å². The fraction of sp³-hybridized carbons (Fsp3) is 0.618. The zero-order valence-corrected chi connectivity index (χ0v) is 56.8. The second kappa shape index (κ2) is 32.8. The molecule has 0 aliphatic carbocycles. The van der Waals surface area contributed by atoms with Crippen LogP contribution < -0.4 is 9.47 Å². The van der Waals surface area contributed by atoms with Gasteiger partial charge in [0, 0.05) is 64.6 Å². The molecule has 22 heteroatoms. The predicted octanol–water partition coefficient (Wildman–Crippen LogP) is 8.35. The number of carbonyl (C=O) groups is 8. The summed E-state index contributed by atoms with van der Waals surface area (Å²) in [5, 5.41) is 9.19. The SMILES string of the molecule is Cc1cc(OC(C)C)nn1Cc1ccc(C[C@H]2OC(=O)[C@H](CC(C)C)N(C)C(=O)[C@@H](C)OC(=O)[C@H](CC(C)C)N(C)C(=O)[C@@H](Cc3ccc(Cn4nc(OC(C)C)cc4C)cc3)OC(=O)[C@H](CC(C)C)N(C)C(=O)[C@@H](C)OC(=O)[C@H](CC(C)C)N(C)C2=O)cc1. The van der Waals surface area contributed by atoms with E-state index in [-0.39, 0.29) is 74.4 Å². The summed E-state index contributed by atoms with van der Waals surface area (Å²) in [6.07, 6.45) is -6.28. The van der Waals surface area contributed by atoms with Crippen molar-refractivity contribution in [3.05, 3.63) is 94.3 Å². The monoisotopic (exact) mass is 1250 g/mol. The summed E-state index contributed by atoms with van der Waals surface area (Å²) in [5.74, 6) is -6.58. The average molecular weight is 1250 g/mol. The topological polar surface area (TPSA) is 241 Å². The lowest BCUT2D eigenvalue weighted by Crippen LogP contribution is -2.55. The van der Waals surface area contributed by atoms with Gasteiger partial charge in [0.1, 0.15) is 24.2 Å². The van der Waals surface area contributed by atoms with E-state index >= 15 is 9.59 Å². The van der Waals surface area contributed by atoms with Gasteiger partial charge in [-0.2, -0.15) is 0 Å². The minimum absolute atomic E-state index is 0.0625. The lowest BCUT2D eigenvalue weighted by atomic mass is 9.99. The number of esters is 4. The molecule has 496 valence electrons. The van der Waals surface area contributed by atoms with Crippen LogP contribution >= 0.6 is 0 Å². The van der Waals surface area contributed by atoms with Crippen molar-refractivity contribution in [3.8, 4) is 11.8 Å². The van der Waals surface area contributed by atoms with Gasteiger partial charge in [-0.25, -0.2) is 19.2 Å². The molecule has 8 atom stereocenters. The minimum atomic E-state index is -1.56. The summed E-state index contributed by atoms with van der Waals surface area (Å²) in [6.45, 7) is 29.9. The molecule has 0 N–H and O–H groups in total. The van der Waals surface area contributed by atoms with Crippen LogP contribution in [-0.4, -0.2) is 176 Å². The first-order valence-electron chi connectivity index (χ1n) is 31.6. The van der Waals surface area contributed by atoms with Crippen molar-refractivity contribution >= 4 is 47.5 Å². The van der Waals surface area contributed by atoms with Crippen LogP contribution in [0.2, 0.25) is 0 Å². The maximum absolute atomic E-state index is 15.1. The van der Waals surface area contributed by atoms with E-state index in [1.165, 1.54) is 42.0 Å². The zero-order valence-electron chi connectivity index (χ0n) is 56.8. The van der Waals surface area contributed by atoms with Crippen LogP contribution in [0.3, 0.4) is 0 Å². The zero-order chi connectivity index (χ0) is 67.2. The third-order valence-electron chi connectivity index (χ3n) is 15.7. The lowest BCUT2D eigenvalue weighted by molar-refractivity contribution is -0.176. The van der Waals surface area contributed by atoms with Crippen molar-refractivity contribution in [1.29, 1.82) is 0 Å². The van der Waals surface area contributed by atoms with E-state index in [2.05, 4.69) is 10.2 Å². The van der Waals surface area contributed by atoms with Crippen molar-refractivity contribution in [1.82, 2.24) is 39.2 Å². The van der Waals surface area contributed by atoms with Crippen molar-refractivity contribution in [2.75, 3.05) is 28.2 Å². The lowest BCUT2D eigenvalue weighted by Gasteiger charge is -2.35. The van der Waals surface area contributed by atoms with Gasteiger partial charge in [0.2, 0.25) is 11.8 Å². The van der Waals surface area contributed by atoms with Crippen LogP contribution in [-0.2, 0) is 83.2 Å². The Morgan fingerprint density at radius 3 is 0.922 bits per heavy atom. The Hall–Kier alpha value is -7.78. The van der Waals surface area contributed by atoms with E-state index in [0.717, 1.165) is 42.1 Å². The Morgan fingerprint density at radius 2 is 0.656 bits per heavy atom. The minimum Gasteiger partial charge on any atom is -0.474 e. The van der Waals surface area contributed by atoms with Gasteiger partial charge in [0.05, 0.1) is 25.3 Å². The molecule has 0 saturated carbocycles. The molecule has 3 heterocycles. The predicted molar refractivity (Wildman–Crippen MR) is 339 cm³/mol. The van der Waals surface area contributed by atoms with Crippen molar-refractivity contribution in [2.45, 2.75) is 223 Å². The molecule has 22 nitrogen and oxygen atoms in total. The fourth-order valence-corrected chi connectivity index (χ4v) is 10.7. The number of benzene rings is 2. The number of likely N-dealkylation sites (N-methyl/N-ethyl adjacent to an activating group) is 4. The molecule has 0 spiro atoms. The number of hydrogen-bond donors (Lipinski definition) is 0. The van der Waals surface area contributed by atoms with Gasteiger partial charge in [0.15, 0.2) is 24.4 Å². The van der Waals surface area contributed by atoms with E-state index in [1.54, 1.807) is 24.3 Å². The molecule has 0 unspecified atom stereocenters. The highest BCUT2D eigenvalue weighted by atomic mass is 16.6. The van der Waals surface area contributed by atoms with E-state index < -0.39 is 96.1 Å². The summed E-state index contributed by atoms with van der Waals surface area (Å²) in [6, 6.07) is 13.2. The summed E-state index contributed by atoms with van der Waals surface area (Å²) in [7, 11) is 5.57. The van der Waals surface area contributed by atoms with Gasteiger partial charge in [0.25, 0.3) is 23.6 Å². The molecule has 1 fully saturated rings. The molecular formula is C68H100N8O14. The number of aryl methyl sites for hydroxylation is 2. The molecule has 2 aromatic carbocycles. The van der Waals surface area contributed by atoms with Crippen molar-refractivity contribution in [2.24, 2.45) is 23.7 Å². The number of carbonyl (C=O) groups excluding carboxylic acids is 8. The van der Waals surface area contributed by atoms with Crippen LogP contribution in [0.15, 0.2) is 60.7 Å². The number of rotatable bonds is 20. The van der Waals surface area contributed by atoms with Gasteiger partial charge in [-0.3, -0.25) is 28.5 Å². The quantitative estimate of drug-likeness (QED) is 0.0596. The van der Waals surface area contributed by atoms with Crippen LogP contribution in [0.5, 0.6) is 11.8 Å². The Balaban J connectivity index is 1.58. The molecule has 5 rings (SSSR count). The maximum Gasteiger partial charge on any atom is 0.329 e. The van der Waals surface area contributed by atoms with E-state index in [1.807, 2.05) is 143 Å². The molecule has 1 saturated heterocycles. The van der Waals surface area contributed by atoms with Gasteiger partial charge in [-0.15, -0.1) is 10.2 Å². The van der Waals surface area contributed by atoms with Gasteiger partial charge in [-0.05, 0) is 127 Å². The summed E-state index contributed by atoms with van der Waals surface area (Å²) in [5.41, 5.74) is 4.72. The normalized spacial score (nSPS) is 22.1. The highest BCUT2D eigenvalue weighted by Gasteiger charge is 2.43. The molecule has 90 heavy (non-hydrogen) atoms. The Kier molecular flexibility index (Phi) is 26.6. The highest BCUT2D eigenvalue weighted by molar-refractivity contribution is 5.94. The number of nitrogens with zero attached hydrogens (tertiary/aromatic N) is 8. The Morgan fingerprint density at radius 1 is 0.400 bits per heavy atom. The van der Waals surface area contributed by atoms with Gasteiger partial charge in [-0.1, -0.05) is 104 Å². The smallest absolute Gasteiger partial charge is 0.329 e. The third-order valence-corrected chi connectivity index (χ3v) is 15.7. The second-order valence-electron chi connectivity index (χ2n) is 26.3. The molecule has 0 bridgehead atoms. The van der Waals surface area contributed by atoms with Crippen LogP contribution in [0.1, 0.15) is 156 Å². The van der Waals surface area contributed by atoms with Gasteiger partial charge >= 0.3 is 23.9 Å². The van der Waals surface area contributed by atoms with Gasteiger partial charge < -0.3 is 48.0 Å². The molecule has 2 aromatic heterocycles. The maximum atomic E-state index is 15.1. The Labute approximate surface area is 532 Å². The number of hydrogen-bond acceptors (Lipinski definition) is 16. The molecule has 1 aliphatic heterocycles. The van der Waals surface area contributed by atoms with Crippen molar-refractivity contribution in [3.63, 3.8) is 0 Å². The first kappa shape index (κ1) is 73.0. The van der Waals surface area contributed by atoms with E-state index in [4.69, 9.17) is 28.4 Å². The summed E-state index contributed by atoms with van der Waals surface area (Å²) in [4.78, 5) is 123. The van der Waals surface area contributed by atoms with Crippen molar-refractivity contribution < 1.29 is 66.8 Å². The van der Waals surface area contributed by atoms with Crippen LogP contribution in [0.25, 0.3) is 0 Å². The molecule has 0 radical (unpaired) electrons. The molecule has 4 aromatic rings. The van der Waals surface area contributed by atoms with Crippen LogP contribution in [0, 0.1) is 37.5 Å². The number of cyclic esters (lactones) is 4. The number of amides is 4. The average Bonchev–Trinajstić information content (AvgIpc) is 3.88. The summed E-state index contributed by atoms with van der Waals surface area (Å²) < 4.78 is 39.6. The molecular weight excluding hydrogens is 1150 g/mol. The number of ether oxygens (including phenoxy) is 6. The standard InChI is InChI=1S/C68H100N8O14/c1-39(2)29-53-65(81)87-47(15)61(77)71(17)56(32-42(7)8)68(84)90-58(36-50-23-27-52(28-24-50)38-76-46(14)34-60(70-76)86-44(11)12)64(80)74(20)54(30-40(3)4)66(82)88-48(16)62(78)72(18)55(31-41(5)6)67(83)89-57(63(79)73(53)19)35-49-21-25-51(26-22-49)37-75-45(13)33-59(69-75)85-43(9)10/h21-28,33-34,39-44,47-48,53-58H,29-32,35-38H2,1-20H3/t47-,48-,53+,54+,55+,56+,57-,58-/m1/s1. The molecule has 1 aliphatic rings. The van der Waals surface area contributed by atoms with E-state index in [9.17, 15) is 28.8 Å². The Bertz CT molecular complexity index is 2860. The molecule has 4 amide bonds. The third kappa shape index (κ3) is 20.6. The largest absolute Gasteiger partial charge is 0.474 e. The first-order chi connectivity index (χ1) is 42.1. The summed E-state index contributed by atoms with van der Waals surface area (Å²) >= 11 is 0. The fourth-order valence-electron chi connectivity index (χ4n) is 10.7. The second-order valence-corrected chi connectivity index (χ2v) is 26.3. The number of aromatic nitrogens is 4. The van der Waals surface area contributed by atoms with Crippen LogP contribution in [0.4, 0.5) is 0 Å². The highest BCUT2D eigenvalue weighted by Crippen LogP contribution is 2.26.